The highest BCUT2D eigenvalue weighted by Gasteiger charge is 2.37. The maximum Gasteiger partial charge on any atom is 0.573 e. The van der Waals surface area contributed by atoms with Crippen LogP contribution in [0.5, 0.6) is 5.75 Å². The van der Waals surface area contributed by atoms with E-state index >= 15 is 0 Å². The summed E-state index contributed by atoms with van der Waals surface area (Å²) in [5, 5.41) is 3.23. The minimum absolute atomic E-state index is 0.537. The number of pyridine rings is 1. The summed E-state index contributed by atoms with van der Waals surface area (Å²) in [6.45, 7) is -0.622. The van der Waals surface area contributed by atoms with Gasteiger partial charge < -0.3 is 10.5 Å². The molecule has 0 unspecified atom stereocenters. The summed E-state index contributed by atoms with van der Waals surface area (Å²) in [5.74, 6) is -1.41. The lowest BCUT2D eigenvalue weighted by Gasteiger charge is -2.17. The molecule has 0 radical (unpaired) electrons. The molecule has 0 saturated heterocycles. The third kappa shape index (κ3) is 3.74. The first-order chi connectivity index (χ1) is 8.97. The normalized spacial score (nSPS) is 12.8. The van der Waals surface area contributed by atoms with Gasteiger partial charge in [0, 0.05) is 18.3 Å². The average molecular weight is 321 g/mol. The van der Waals surface area contributed by atoms with Crippen LogP contribution in [0.3, 0.4) is 0 Å². The van der Waals surface area contributed by atoms with Gasteiger partial charge in [-0.3, -0.25) is 0 Å². The number of primary sulfonamides is 1. The van der Waals surface area contributed by atoms with E-state index in [1.54, 1.807) is 0 Å². The highest BCUT2D eigenvalue weighted by Crippen LogP contribution is 2.38. The van der Waals surface area contributed by atoms with Crippen molar-refractivity contribution >= 4 is 10.0 Å². The van der Waals surface area contributed by atoms with Gasteiger partial charge >= 0.3 is 6.36 Å². The maximum atomic E-state index is 12.9. The van der Waals surface area contributed by atoms with Crippen LogP contribution in [0.15, 0.2) is 11.2 Å². The Morgan fingerprint density at radius 3 is 2.25 bits per heavy atom. The third-order valence-electron chi connectivity index (χ3n) is 2.03. The van der Waals surface area contributed by atoms with Gasteiger partial charge in [0.15, 0.2) is 5.03 Å². The molecule has 0 aliphatic rings. The number of hydrogen-bond acceptors (Lipinski definition) is 5. The minimum Gasteiger partial charge on any atom is -0.405 e. The molecule has 0 bridgehead atoms. The highest BCUT2D eigenvalue weighted by molar-refractivity contribution is 7.89. The fraction of sp³-hybridized carbons (Fsp3) is 0.375. The molecule has 0 aliphatic carbocycles. The Labute approximate surface area is 109 Å². The van der Waals surface area contributed by atoms with Gasteiger partial charge in [0.25, 0.3) is 16.4 Å². The molecule has 0 aliphatic heterocycles. The van der Waals surface area contributed by atoms with Crippen molar-refractivity contribution in [2.24, 2.45) is 10.9 Å². The van der Waals surface area contributed by atoms with E-state index in [0.29, 0.717) is 6.20 Å². The Kier molecular flexibility index (Phi) is 4.51. The van der Waals surface area contributed by atoms with Crippen molar-refractivity contribution in [2.45, 2.75) is 24.4 Å². The van der Waals surface area contributed by atoms with E-state index in [9.17, 15) is 30.4 Å². The van der Waals surface area contributed by atoms with Crippen LogP contribution < -0.4 is 15.6 Å². The van der Waals surface area contributed by atoms with Crippen LogP contribution >= 0.6 is 0 Å². The third-order valence-corrected chi connectivity index (χ3v) is 2.89. The molecular formula is C8H8F5N3O3S. The first-order valence-electron chi connectivity index (χ1n) is 4.76. The summed E-state index contributed by atoms with van der Waals surface area (Å²) >= 11 is 0. The average Bonchev–Trinajstić information content (AvgIpc) is 2.24. The number of alkyl halides is 5. The van der Waals surface area contributed by atoms with E-state index in [1.807, 2.05) is 0 Å². The van der Waals surface area contributed by atoms with Crippen LogP contribution in [0.4, 0.5) is 22.0 Å². The highest BCUT2D eigenvalue weighted by atomic mass is 32.2. The number of rotatable bonds is 4. The Bertz CT molecular complexity index is 602. The van der Waals surface area contributed by atoms with E-state index in [4.69, 9.17) is 5.73 Å². The van der Waals surface area contributed by atoms with Crippen molar-refractivity contribution in [3.8, 4) is 5.75 Å². The van der Waals surface area contributed by atoms with Crippen molar-refractivity contribution in [1.82, 2.24) is 4.98 Å². The van der Waals surface area contributed by atoms with E-state index in [-0.39, 0.29) is 0 Å². The van der Waals surface area contributed by atoms with Gasteiger partial charge in [0.05, 0.1) is 5.56 Å². The van der Waals surface area contributed by atoms with Gasteiger partial charge in [0.2, 0.25) is 0 Å². The minimum atomic E-state index is -5.31. The summed E-state index contributed by atoms with van der Waals surface area (Å²) in [6.07, 6.45) is -8.35. The second-order valence-corrected chi connectivity index (χ2v) is 4.91. The van der Waals surface area contributed by atoms with Crippen LogP contribution in [-0.2, 0) is 16.6 Å². The SMILES string of the molecule is NCc1cnc(S(N)(=O)=O)c(C(F)F)c1OC(F)(F)F. The smallest absolute Gasteiger partial charge is 0.405 e. The first kappa shape index (κ1) is 16.5. The Hall–Kier alpha value is -1.53. The molecule has 1 heterocycles. The molecule has 1 aromatic heterocycles. The molecule has 0 aromatic carbocycles. The lowest BCUT2D eigenvalue weighted by atomic mass is 10.1. The fourth-order valence-electron chi connectivity index (χ4n) is 1.34. The van der Waals surface area contributed by atoms with Crippen LogP contribution in [0.25, 0.3) is 0 Å². The number of halogens is 5. The summed E-state index contributed by atoms with van der Waals surface area (Å²) in [6, 6.07) is 0. The monoisotopic (exact) mass is 321 g/mol. The van der Waals surface area contributed by atoms with Crippen molar-refractivity contribution in [1.29, 1.82) is 0 Å². The fourth-order valence-corrected chi connectivity index (χ4v) is 2.02. The number of aromatic nitrogens is 1. The summed E-state index contributed by atoms with van der Waals surface area (Å²) in [7, 11) is -4.76. The Morgan fingerprint density at radius 1 is 1.35 bits per heavy atom. The standard InChI is InChI=1S/C8H8F5N3O3S/c9-6(10)4-5(19-8(11,12)13)3(1-14)2-16-7(4)20(15,17)18/h2,6H,1,14H2,(H2,15,17,18). The van der Waals surface area contributed by atoms with Crippen LogP contribution in [0.1, 0.15) is 17.6 Å². The van der Waals surface area contributed by atoms with Gasteiger partial charge in [-0.1, -0.05) is 0 Å². The molecule has 0 atom stereocenters. The van der Waals surface area contributed by atoms with Crippen LogP contribution in [-0.4, -0.2) is 19.8 Å². The zero-order valence-electron chi connectivity index (χ0n) is 9.49. The summed E-state index contributed by atoms with van der Waals surface area (Å²) in [4.78, 5) is 3.11. The van der Waals surface area contributed by atoms with Gasteiger partial charge in [-0.25, -0.2) is 27.3 Å². The summed E-state index contributed by atoms with van der Waals surface area (Å²) in [5.41, 5.74) is 2.97. The van der Waals surface area contributed by atoms with Crippen molar-refractivity contribution in [2.75, 3.05) is 0 Å². The van der Waals surface area contributed by atoms with E-state index in [0.717, 1.165) is 0 Å². The predicted molar refractivity (Wildman–Crippen MR) is 55.1 cm³/mol. The van der Waals surface area contributed by atoms with Crippen LogP contribution in [0.2, 0.25) is 0 Å². The second kappa shape index (κ2) is 5.46. The van der Waals surface area contributed by atoms with Gasteiger partial charge in [-0.05, 0) is 0 Å². The van der Waals surface area contributed by atoms with E-state index < -0.39 is 51.3 Å². The van der Waals surface area contributed by atoms with Gasteiger partial charge in [-0.15, -0.1) is 13.2 Å². The molecule has 114 valence electrons. The lowest BCUT2D eigenvalue weighted by molar-refractivity contribution is -0.275. The molecule has 1 rings (SSSR count). The predicted octanol–water partition coefficient (Wildman–Crippen LogP) is 1.02. The molecule has 1 aromatic rings. The van der Waals surface area contributed by atoms with Crippen molar-refractivity contribution in [3.63, 3.8) is 0 Å². The molecule has 0 saturated carbocycles. The van der Waals surface area contributed by atoms with Crippen molar-refractivity contribution in [3.05, 3.63) is 17.3 Å². The van der Waals surface area contributed by atoms with Gasteiger partial charge in [0.1, 0.15) is 5.75 Å². The lowest BCUT2D eigenvalue weighted by Crippen LogP contribution is -2.23. The van der Waals surface area contributed by atoms with Crippen LogP contribution in [0, 0.1) is 0 Å². The Balaban J connectivity index is 3.67. The number of sulfonamides is 1. The van der Waals surface area contributed by atoms with Crippen molar-refractivity contribution < 1.29 is 35.1 Å². The Morgan fingerprint density at radius 2 is 1.90 bits per heavy atom. The quantitative estimate of drug-likeness (QED) is 0.805. The number of hydrogen-bond donors (Lipinski definition) is 2. The number of nitrogens with zero attached hydrogens (tertiary/aromatic N) is 1. The molecule has 4 N–H and O–H groups in total. The van der Waals surface area contributed by atoms with E-state index in [2.05, 4.69) is 14.9 Å². The van der Waals surface area contributed by atoms with Gasteiger partial charge in [-0.2, -0.15) is 0 Å². The topological polar surface area (TPSA) is 108 Å². The van der Waals surface area contributed by atoms with E-state index in [1.165, 1.54) is 0 Å². The maximum absolute atomic E-state index is 12.9. The molecule has 0 fully saturated rings. The zero-order valence-corrected chi connectivity index (χ0v) is 10.3. The summed E-state index contributed by atoms with van der Waals surface area (Å²) < 4.78 is 88.0. The molecule has 0 amide bonds. The molecule has 0 spiro atoms. The first-order valence-corrected chi connectivity index (χ1v) is 6.30. The second-order valence-electron chi connectivity index (χ2n) is 3.43. The molecule has 20 heavy (non-hydrogen) atoms. The number of nitrogens with two attached hydrogens (primary N) is 2. The molecular weight excluding hydrogens is 313 g/mol. The largest absolute Gasteiger partial charge is 0.573 e. The number of ether oxygens (including phenoxy) is 1. The molecule has 6 nitrogen and oxygen atoms in total. The molecule has 12 heteroatoms. The zero-order chi connectivity index (χ0) is 15.7.